The first kappa shape index (κ1) is 16.6. The second-order valence-corrected chi connectivity index (χ2v) is 5.84. The van der Waals surface area contributed by atoms with E-state index in [1.807, 2.05) is 19.1 Å². The van der Waals surface area contributed by atoms with E-state index >= 15 is 0 Å². The minimum Gasteiger partial charge on any atom is -0.469 e. The van der Waals surface area contributed by atoms with Crippen molar-refractivity contribution in [2.45, 2.75) is 52.6 Å². The van der Waals surface area contributed by atoms with Gasteiger partial charge >= 0.3 is 0 Å². The summed E-state index contributed by atoms with van der Waals surface area (Å²) in [5, 5.41) is 7.72. The van der Waals surface area contributed by atoms with Crippen LogP contribution >= 0.6 is 11.6 Å². The topological polar surface area (TPSA) is 60.1 Å². The van der Waals surface area contributed by atoms with Crippen LogP contribution in [0.25, 0.3) is 0 Å². The number of carbonyl (C=O) groups excluding carboxylic acids is 1. The number of hydrogen-bond donors (Lipinski definition) is 1. The van der Waals surface area contributed by atoms with Gasteiger partial charge in [0, 0.05) is 19.0 Å². The van der Waals surface area contributed by atoms with Crippen LogP contribution in [0.3, 0.4) is 0 Å². The van der Waals surface area contributed by atoms with E-state index in [1.165, 1.54) is 0 Å². The number of aryl methyl sites for hydroxylation is 2. The molecule has 22 heavy (non-hydrogen) atoms. The molecular weight excluding hydrogens is 302 g/mol. The molecule has 1 amide bonds. The molecular formula is C16H22ClN3O2. The Kier molecular flexibility index (Phi) is 5.66. The standard InChI is InChI=1S/C16H22ClN3O2/c1-4-5-8-20-15(17)14(12(3)19-20)16(21)18-11(2)10-13-7-6-9-22-13/h6-7,9,11H,4-5,8,10H2,1-3H3,(H,18,21)/t11-/m1/s1. The summed E-state index contributed by atoms with van der Waals surface area (Å²) in [4.78, 5) is 12.4. The monoisotopic (exact) mass is 323 g/mol. The number of amides is 1. The highest BCUT2D eigenvalue weighted by Gasteiger charge is 2.21. The molecule has 0 aromatic carbocycles. The molecule has 0 saturated heterocycles. The minimum absolute atomic E-state index is 0.0480. The molecule has 2 heterocycles. The van der Waals surface area contributed by atoms with Crippen LogP contribution in [-0.2, 0) is 13.0 Å². The zero-order valence-corrected chi connectivity index (χ0v) is 14.0. The summed E-state index contributed by atoms with van der Waals surface area (Å²) in [6.07, 6.45) is 4.30. The maximum atomic E-state index is 12.4. The van der Waals surface area contributed by atoms with Gasteiger partial charge in [0.2, 0.25) is 0 Å². The minimum atomic E-state index is -0.190. The highest BCUT2D eigenvalue weighted by molar-refractivity contribution is 6.33. The average Bonchev–Trinajstić information content (AvgIpc) is 3.04. The zero-order valence-electron chi connectivity index (χ0n) is 13.2. The van der Waals surface area contributed by atoms with Crippen molar-refractivity contribution in [3.63, 3.8) is 0 Å². The smallest absolute Gasteiger partial charge is 0.256 e. The van der Waals surface area contributed by atoms with E-state index in [4.69, 9.17) is 16.0 Å². The van der Waals surface area contributed by atoms with E-state index in [-0.39, 0.29) is 11.9 Å². The number of aromatic nitrogens is 2. The van der Waals surface area contributed by atoms with Crippen molar-refractivity contribution < 1.29 is 9.21 Å². The van der Waals surface area contributed by atoms with E-state index in [0.29, 0.717) is 22.8 Å². The summed E-state index contributed by atoms with van der Waals surface area (Å²) < 4.78 is 6.99. The second-order valence-electron chi connectivity index (χ2n) is 5.49. The Labute approximate surface area is 135 Å². The normalized spacial score (nSPS) is 12.4. The van der Waals surface area contributed by atoms with Gasteiger partial charge in [-0.15, -0.1) is 0 Å². The summed E-state index contributed by atoms with van der Waals surface area (Å²) >= 11 is 6.31. The summed E-state index contributed by atoms with van der Waals surface area (Å²) in [5.74, 6) is 0.651. The first-order valence-electron chi connectivity index (χ1n) is 7.59. The van der Waals surface area contributed by atoms with Gasteiger partial charge in [0.05, 0.1) is 17.5 Å². The Morgan fingerprint density at radius 1 is 1.55 bits per heavy atom. The molecule has 2 aromatic heterocycles. The van der Waals surface area contributed by atoms with Gasteiger partial charge in [-0.1, -0.05) is 24.9 Å². The predicted molar refractivity (Wildman–Crippen MR) is 86.2 cm³/mol. The fraction of sp³-hybridized carbons (Fsp3) is 0.500. The fourth-order valence-electron chi connectivity index (χ4n) is 2.34. The number of carbonyl (C=O) groups is 1. The predicted octanol–water partition coefficient (Wildman–Crippen LogP) is 3.60. The van der Waals surface area contributed by atoms with Gasteiger partial charge < -0.3 is 9.73 Å². The SMILES string of the molecule is CCCCn1nc(C)c(C(=O)N[C@H](C)Cc2ccco2)c1Cl. The number of halogens is 1. The van der Waals surface area contributed by atoms with E-state index in [0.717, 1.165) is 25.1 Å². The fourth-order valence-corrected chi connectivity index (χ4v) is 2.69. The molecule has 0 bridgehead atoms. The number of rotatable bonds is 7. The van der Waals surface area contributed by atoms with Gasteiger partial charge in [0.25, 0.3) is 5.91 Å². The Morgan fingerprint density at radius 2 is 2.32 bits per heavy atom. The molecule has 0 saturated carbocycles. The van der Waals surface area contributed by atoms with Crippen LogP contribution in [0.4, 0.5) is 0 Å². The van der Waals surface area contributed by atoms with Gasteiger partial charge in [0.15, 0.2) is 0 Å². The van der Waals surface area contributed by atoms with Crippen LogP contribution in [0.5, 0.6) is 0 Å². The van der Waals surface area contributed by atoms with E-state index < -0.39 is 0 Å². The molecule has 0 radical (unpaired) electrons. The number of furan rings is 1. The number of unbranched alkanes of at least 4 members (excludes halogenated alkanes) is 1. The molecule has 0 aliphatic rings. The molecule has 0 aliphatic heterocycles. The van der Waals surface area contributed by atoms with E-state index in [2.05, 4.69) is 17.3 Å². The Balaban J connectivity index is 2.04. The average molecular weight is 324 g/mol. The third-order valence-electron chi connectivity index (χ3n) is 3.48. The highest BCUT2D eigenvalue weighted by Crippen LogP contribution is 2.20. The molecule has 1 N–H and O–H groups in total. The molecule has 1 atom stereocenters. The number of hydrogen-bond acceptors (Lipinski definition) is 3. The van der Waals surface area contributed by atoms with Crippen molar-refractivity contribution >= 4 is 17.5 Å². The van der Waals surface area contributed by atoms with Crippen LogP contribution in [0.2, 0.25) is 5.15 Å². The zero-order chi connectivity index (χ0) is 16.1. The molecule has 2 aromatic rings. The quantitative estimate of drug-likeness (QED) is 0.847. The van der Waals surface area contributed by atoms with Crippen molar-refractivity contribution in [3.8, 4) is 0 Å². The highest BCUT2D eigenvalue weighted by atomic mass is 35.5. The lowest BCUT2D eigenvalue weighted by molar-refractivity contribution is 0.0938. The van der Waals surface area contributed by atoms with Gasteiger partial charge in [-0.25, -0.2) is 0 Å². The van der Waals surface area contributed by atoms with Crippen molar-refractivity contribution in [3.05, 3.63) is 40.6 Å². The molecule has 0 aliphatic carbocycles. The Bertz CT molecular complexity index is 620. The molecule has 0 fully saturated rings. The lowest BCUT2D eigenvalue weighted by atomic mass is 10.1. The van der Waals surface area contributed by atoms with E-state index in [9.17, 15) is 4.79 Å². The lowest BCUT2D eigenvalue weighted by Crippen LogP contribution is -2.34. The maximum absolute atomic E-state index is 12.4. The largest absolute Gasteiger partial charge is 0.469 e. The summed E-state index contributed by atoms with van der Waals surface area (Å²) in [5.41, 5.74) is 1.12. The molecule has 0 unspecified atom stereocenters. The molecule has 6 heteroatoms. The van der Waals surface area contributed by atoms with Crippen LogP contribution in [0.15, 0.2) is 22.8 Å². The van der Waals surface area contributed by atoms with Crippen LogP contribution in [-0.4, -0.2) is 21.7 Å². The lowest BCUT2D eigenvalue weighted by Gasteiger charge is -2.12. The number of nitrogens with one attached hydrogen (secondary N) is 1. The summed E-state index contributed by atoms with van der Waals surface area (Å²) in [6, 6.07) is 3.68. The van der Waals surface area contributed by atoms with Crippen LogP contribution < -0.4 is 5.32 Å². The second kappa shape index (κ2) is 7.49. The van der Waals surface area contributed by atoms with Crippen LogP contribution in [0, 0.1) is 6.92 Å². The first-order chi connectivity index (χ1) is 10.5. The first-order valence-corrected chi connectivity index (χ1v) is 7.96. The van der Waals surface area contributed by atoms with E-state index in [1.54, 1.807) is 17.9 Å². The van der Waals surface area contributed by atoms with Gasteiger partial charge in [-0.05, 0) is 32.4 Å². The number of nitrogens with zero attached hydrogens (tertiary/aromatic N) is 2. The van der Waals surface area contributed by atoms with Gasteiger partial charge in [-0.3, -0.25) is 9.48 Å². The molecule has 2 rings (SSSR count). The molecule has 5 nitrogen and oxygen atoms in total. The Morgan fingerprint density at radius 3 is 2.95 bits per heavy atom. The van der Waals surface area contributed by atoms with Crippen molar-refractivity contribution in [2.24, 2.45) is 0 Å². The van der Waals surface area contributed by atoms with Gasteiger partial charge in [-0.2, -0.15) is 5.10 Å². The third-order valence-corrected chi connectivity index (χ3v) is 3.87. The van der Waals surface area contributed by atoms with Crippen molar-refractivity contribution in [1.82, 2.24) is 15.1 Å². The molecule has 120 valence electrons. The van der Waals surface area contributed by atoms with Gasteiger partial charge in [0.1, 0.15) is 10.9 Å². The third kappa shape index (κ3) is 3.91. The summed E-state index contributed by atoms with van der Waals surface area (Å²) in [6.45, 7) is 6.57. The molecule has 0 spiro atoms. The summed E-state index contributed by atoms with van der Waals surface area (Å²) in [7, 11) is 0. The van der Waals surface area contributed by atoms with Crippen molar-refractivity contribution in [1.29, 1.82) is 0 Å². The Hall–Kier alpha value is -1.75. The maximum Gasteiger partial charge on any atom is 0.256 e. The van der Waals surface area contributed by atoms with Crippen LogP contribution in [0.1, 0.15) is 48.5 Å². The van der Waals surface area contributed by atoms with Crippen molar-refractivity contribution in [2.75, 3.05) is 0 Å².